The number of hydrogen-bond acceptors (Lipinski definition) is 2. The average molecular weight is 205 g/mol. The van der Waals surface area contributed by atoms with E-state index in [2.05, 4.69) is 30.4 Å². The van der Waals surface area contributed by atoms with Gasteiger partial charge in [0.15, 0.2) is 0 Å². The summed E-state index contributed by atoms with van der Waals surface area (Å²) in [6.07, 6.45) is 1.89. The van der Waals surface area contributed by atoms with Crippen molar-refractivity contribution in [1.82, 2.24) is 0 Å². The number of carboxylic acid groups (broad SMARTS) is 1. The first-order valence-electron chi connectivity index (χ1n) is 5.23. The van der Waals surface area contributed by atoms with Gasteiger partial charge in [-0.05, 0) is 37.0 Å². The summed E-state index contributed by atoms with van der Waals surface area (Å²) in [6, 6.07) is 6.63. The van der Waals surface area contributed by atoms with Crippen LogP contribution in [-0.2, 0) is 11.2 Å². The topological polar surface area (TPSA) is 49.3 Å². The molecule has 1 aliphatic heterocycles. The van der Waals surface area contributed by atoms with E-state index >= 15 is 0 Å². The molecule has 0 aromatic heterocycles. The highest BCUT2D eigenvalue weighted by atomic mass is 16.4. The molecule has 1 aliphatic rings. The Morgan fingerprint density at radius 2 is 2.40 bits per heavy atom. The number of fused-ring (bicyclic) bond motifs is 1. The summed E-state index contributed by atoms with van der Waals surface area (Å²) >= 11 is 0. The van der Waals surface area contributed by atoms with Gasteiger partial charge in [0.05, 0.1) is 0 Å². The lowest BCUT2D eigenvalue weighted by Crippen LogP contribution is -2.16. The molecule has 1 aromatic rings. The molecule has 15 heavy (non-hydrogen) atoms. The van der Waals surface area contributed by atoms with Crippen molar-refractivity contribution in [2.45, 2.75) is 32.2 Å². The van der Waals surface area contributed by atoms with Gasteiger partial charge in [0.25, 0.3) is 0 Å². The van der Waals surface area contributed by atoms with Gasteiger partial charge >= 0.3 is 5.97 Å². The van der Waals surface area contributed by atoms with Crippen LogP contribution in [-0.4, -0.2) is 17.1 Å². The summed E-state index contributed by atoms with van der Waals surface area (Å²) in [5, 5.41) is 12.0. The number of carbonyl (C=O) groups is 1. The van der Waals surface area contributed by atoms with Gasteiger partial charge in [0.2, 0.25) is 0 Å². The van der Waals surface area contributed by atoms with Crippen LogP contribution in [0.25, 0.3) is 0 Å². The normalized spacial score (nSPS) is 18.3. The molecule has 80 valence electrons. The first-order chi connectivity index (χ1) is 7.15. The quantitative estimate of drug-likeness (QED) is 0.795. The second-order valence-corrected chi connectivity index (χ2v) is 4.14. The molecule has 0 amide bonds. The minimum atomic E-state index is -0.719. The summed E-state index contributed by atoms with van der Waals surface area (Å²) in [6.45, 7) is 2.06. The molecule has 1 heterocycles. The van der Waals surface area contributed by atoms with Gasteiger partial charge in [-0.3, -0.25) is 4.79 Å². The maximum absolute atomic E-state index is 10.5. The predicted molar refractivity (Wildman–Crippen MR) is 59.2 cm³/mol. The van der Waals surface area contributed by atoms with Crippen LogP contribution in [0, 0.1) is 6.92 Å². The fourth-order valence-electron chi connectivity index (χ4n) is 2.01. The lowest BCUT2D eigenvalue weighted by atomic mass is 10.1. The smallest absolute Gasteiger partial charge is 0.303 e. The number of aliphatic carboxylic acids is 1. The molecule has 0 saturated heterocycles. The highest BCUT2D eigenvalue weighted by molar-refractivity contribution is 5.67. The van der Waals surface area contributed by atoms with Gasteiger partial charge in [-0.2, -0.15) is 0 Å². The Morgan fingerprint density at radius 1 is 1.60 bits per heavy atom. The molecule has 3 nitrogen and oxygen atoms in total. The Hall–Kier alpha value is -1.51. The predicted octanol–water partition coefficient (Wildman–Crippen LogP) is 2.20. The van der Waals surface area contributed by atoms with E-state index in [0.29, 0.717) is 6.42 Å². The van der Waals surface area contributed by atoms with Crippen molar-refractivity contribution in [3.05, 3.63) is 29.3 Å². The standard InChI is InChI=1S/C12H15NO2/c1-8-2-3-9-7-10(4-5-12(14)15)13-11(9)6-8/h2-3,6,10,13H,4-5,7H2,1H3,(H,14,15). The van der Waals surface area contributed by atoms with E-state index in [-0.39, 0.29) is 12.5 Å². The zero-order valence-electron chi connectivity index (χ0n) is 8.79. The van der Waals surface area contributed by atoms with Crippen LogP contribution in [0.2, 0.25) is 0 Å². The van der Waals surface area contributed by atoms with Crippen LogP contribution >= 0.6 is 0 Å². The van der Waals surface area contributed by atoms with Crippen molar-refractivity contribution in [1.29, 1.82) is 0 Å². The van der Waals surface area contributed by atoms with Crippen molar-refractivity contribution >= 4 is 11.7 Å². The third kappa shape index (κ3) is 2.29. The number of rotatable bonds is 3. The molecule has 0 spiro atoms. The van der Waals surface area contributed by atoms with E-state index in [0.717, 1.165) is 6.42 Å². The summed E-state index contributed by atoms with van der Waals surface area (Å²) in [7, 11) is 0. The summed E-state index contributed by atoms with van der Waals surface area (Å²) in [4.78, 5) is 10.5. The SMILES string of the molecule is Cc1ccc2c(c1)NC(CCC(=O)O)C2. The number of nitrogens with one attached hydrogen (secondary N) is 1. The van der Waals surface area contributed by atoms with Crippen molar-refractivity contribution in [2.24, 2.45) is 0 Å². The third-order valence-corrected chi connectivity index (χ3v) is 2.80. The maximum atomic E-state index is 10.5. The average Bonchev–Trinajstić information content (AvgIpc) is 2.56. The summed E-state index contributed by atoms with van der Waals surface area (Å²) in [5.41, 5.74) is 3.71. The molecule has 1 atom stereocenters. The van der Waals surface area contributed by atoms with Crippen molar-refractivity contribution < 1.29 is 9.90 Å². The minimum absolute atomic E-state index is 0.241. The van der Waals surface area contributed by atoms with Gasteiger partial charge in [-0.15, -0.1) is 0 Å². The minimum Gasteiger partial charge on any atom is -0.481 e. The van der Waals surface area contributed by atoms with Crippen LogP contribution < -0.4 is 5.32 Å². The van der Waals surface area contributed by atoms with E-state index < -0.39 is 5.97 Å². The number of benzene rings is 1. The molecular weight excluding hydrogens is 190 g/mol. The lowest BCUT2D eigenvalue weighted by molar-refractivity contribution is -0.137. The molecule has 0 radical (unpaired) electrons. The molecule has 2 rings (SSSR count). The fraction of sp³-hybridized carbons (Fsp3) is 0.417. The van der Waals surface area contributed by atoms with Gasteiger partial charge in [-0.1, -0.05) is 12.1 Å². The van der Waals surface area contributed by atoms with Crippen molar-refractivity contribution in [3.8, 4) is 0 Å². The summed E-state index contributed by atoms with van der Waals surface area (Å²) in [5.74, 6) is -0.719. The Bertz CT molecular complexity index is 387. The van der Waals surface area contributed by atoms with Crippen LogP contribution in [0.3, 0.4) is 0 Å². The highest BCUT2D eigenvalue weighted by Gasteiger charge is 2.20. The highest BCUT2D eigenvalue weighted by Crippen LogP contribution is 2.28. The van der Waals surface area contributed by atoms with Crippen molar-refractivity contribution in [3.63, 3.8) is 0 Å². The molecule has 1 aromatic carbocycles. The molecule has 2 N–H and O–H groups in total. The van der Waals surface area contributed by atoms with E-state index in [1.807, 2.05) is 0 Å². The third-order valence-electron chi connectivity index (χ3n) is 2.80. The monoisotopic (exact) mass is 205 g/mol. The lowest BCUT2D eigenvalue weighted by Gasteiger charge is -2.08. The number of anilines is 1. The second kappa shape index (κ2) is 3.93. The van der Waals surface area contributed by atoms with Gasteiger partial charge in [0, 0.05) is 18.2 Å². The molecule has 1 unspecified atom stereocenters. The van der Waals surface area contributed by atoms with E-state index in [1.54, 1.807) is 0 Å². The molecular formula is C12H15NO2. The molecule has 0 aliphatic carbocycles. The number of hydrogen-bond donors (Lipinski definition) is 2. The van der Waals surface area contributed by atoms with Crippen molar-refractivity contribution in [2.75, 3.05) is 5.32 Å². The first kappa shape index (κ1) is 10.0. The van der Waals surface area contributed by atoms with E-state index in [9.17, 15) is 4.79 Å². The van der Waals surface area contributed by atoms with E-state index in [1.165, 1.54) is 16.8 Å². The molecule has 0 fully saturated rings. The molecule has 0 saturated carbocycles. The Kier molecular flexibility index (Phi) is 2.62. The van der Waals surface area contributed by atoms with Gasteiger partial charge in [-0.25, -0.2) is 0 Å². The maximum Gasteiger partial charge on any atom is 0.303 e. The number of aryl methyl sites for hydroxylation is 1. The van der Waals surface area contributed by atoms with Crippen LogP contribution in [0.4, 0.5) is 5.69 Å². The molecule has 3 heteroatoms. The Balaban J connectivity index is 2.00. The zero-order valence-corrected chi connectivity index (χ0v) is 8.79. The van der Waals surface area contributed by atoms with Gasteiger partial charge in [0.1, 0.15) is 0 Å². The van der Waals surface area contributed by atoms with Gasteiger partial charge < -0.3 is 10.4 Å². The summed E-state index contributed by atoms with van der Waals surface area (Å²) < 4.78 is 0. The van der Waals surface area contributed by atoms with Crippen LogP contribution in [0.1, 0.15) is 24.0 Å². The zero-order chi connectivity index (χ0) is 10.8. The largest absolute Gasteiger partial charge is 0.481 e. The fourth-order valence-corrected chi connectivity index (χ4v) is 2.01. The Morgan fingerprint density at radius 3 is 3.13 bits per heavy atom. The second-order valence-electron chi connectivity index (χ2n) is 4.14. The van der Waals surface area contributed by atoms with Crippen LogP contribution in [0.5, 0.6) is 0 Å². The number of carboxylic acids is 1. The van der Waals surface area contributed by atoms with E-state index in [4.69, 9.17) is 5.11 Å². The van der Waals surface area contributed by atoms with Crippen LogP contribution in [0.15, 0.2) is 18.2 Å². The molecule has 0 bridgehead atoms. The first-order valence-corrected chi connectivity index (χ1v) is 5.23. The Labute approximate surface area is 89.1 Å².